The minimum absolute atomic E-state index is 0.00513. The van der Waals surface area contributed by atoms with Gasteiger partial charge >= 0.3 is 5.97 Å². The normalized spacial score (nSPS) is 17.6. The average Bonchev–Trinajstić information content (AvgIpc) is 3.01. The van der Waals surface area contributed by atoms with Crippen molar-refractivity contribution in [2.75, 3.05) is 32.8 Å². The number of anilines is 1. The number of hydrogen-bond acceptors (Lipinski definition) is 6. The Labute approximate surface area is 150 Å². The van der Waals surface area contributed by atoms with Gasteiger partial charge in [-0.2, -0.15) is 0 Å². The molecule has 2 N–H and O–H groups in total. The molecule has 1 aromatic rings. The molecule has 9 heteroatoms. The summed E-state index contributed by atoms with van der Waals surface area (Å²) >= 11 is 0. The molecule has 0 aromatic heterocycles. The van der Waals surface area contributed by atoms with Crippen LogP contribution in [0.1, 0.15) is 13.3 Å². The summed E-state index contributed by atoms with van der Waals surface area (Å²) in [6.07, 6.45) is -0.00513. The Kier molecular flexibility index (Phi) is 5.91. The Morgan fingerprint density at radius 1 is 1.19 bits per heavy atom. The quantitative estimate of drug-likeness (QED) is 0.728. The Bertz CT molecular complexity index is 694. The van der Waals surface area contributed by atoms with Gasteiger partial charge in [0, 0.05) is 25.1 Å². The number of hydrogen-bond donors (Lipinski definition) is 2. The summed E-state index contributed by atoms with van der Waals surface area (Å²) in [6.45, 7) is 1.50. The minimum atomic E-state index is -1.14. The van der Waals surface area contributed by atoms with Crippen molar-refractivity contribution >= 4 is 23.5 Å². The lowest BCUT2D eigenvalue weighted by Gasteiger charge is -2.20. The Balaban J connectivity index is 2.23. The van der Waals surface area contributed by atoms with Crippen LogP contribution in [-0.2, 0) is 14.4 Å². The fourth-order valence-corrected chi connectivity index (χ4v) is 2.75. The predicted molar refractivity (Wildman–Crippen MR) is 91.8 cm³/mol. The van der Waals surface area contributed by atoms with Crippen LogP contribution in [0.15, 0.2) is 12.1 Å². The molecule has 1 heterocycles. The number of ether oxygens (including phenoxy) is 3. The number of nitrogens with one attached hydrogen (secondary N) is 1. The second-order valence-electron chi connectivity index (χ2n) is 5.86. The van der Waals surface area contributed by atoms with Gasteiger partial charge in [0.15, 0.2) is 11.5 Å². The van der Waals surface area contributed by atoms with E-state index in [0.29, 0.717) is 22.9 Å². The molecule has 1 fully saturated rings. The van der Waals surface area contributed by atoms with Crippen molar-refractivity contribution in [1.29, 1.82) is 0 Å². The lowest BCUT2D eigenvalue weighted by Crippen LogP contribution is -2.42. The second kappa shape index (κ2) is 7.94. The monoisotopic (exact) mass is 366 g/mol. The molecule has 1 aliphatic heterocycles. The molecule has 2 atom stereocenters. The lowest BCUT2D eigenvalue weighted by molar-refractivity contribution is -0.141. The van der Waals surface area contributed by atoms with E-state index in [9.17, 15) is 14.4 Å². The standard InChI is InChI=1S/C17H22N2O7/c1-9(17(22)23)18-16(21)10-5-14(20)19(8-10)11-6-12(24-2)15(26-4)13(7-11)25-3/h6-7,9-10H,5,8H2,1-4H3,(H,18,21)(H,22,23)/t9-,10?/m1/s1. The van der Waals surface area contributed by atoms with Crippen molar-refractivity contribution in [2.24, 2.45) is 5.92 Å². The van der Waals surface area contributed by atoms with Gasteiger partial charge in [0.25, 0.3) is 0 Å². The van der Waals surface area contributed by atoms with Crippen LogP contribution in [-0.4, -0.2) is 56.8 Å². The summed E-state index contributed by atoms with van der Waals surface area (Å²) in [4.78, 5) is 36.9. The van der Waals surface area contributed by atoms with Gasteiger partial charge in [-0.15, -0.1) is 0 Å². The highest BCUT2D eigenvalue weighted by atomic mass is 16.5. The van der Waals surface area contributed by atoms with Crippen LogP contribution in [0.3, 0.4) is 0 Å². The zero-order chi connectivity index (χ0) is 19.4. The topological polar surface area (TPSA) is 114 Å². The summed E-state index contributed by atoms with van der Waals surface area (Å²) in [5.74, 6) is -1.31. The number of methoxy groups -OCH3 is 3. The van der Waals surface area contributed by atoms with Crippen molar-refractivity contribution < 1.29 is 33.7 Å². The van der Waals surface area contributed by atoms with Crippen LogP contribution in [0.4, 0.5) is 5.69 Å². The van der Waals surface area contributed by atoms with Gasteiger partial charge < -0.3 is 29.5 Å². The fraction of sp³-hybridized carbons (Fsp3) is 0.471. The number of carbonyl (C=O) groups is 3. The molecule has 1 aromatic carbocycles. The smallest absolute Gasteiger partial charge is 0.325 e. The molecule has 0 radical (unpaired) electrons. The third kappa shape index (κ3) is 3.81. The minimum Gasteiger partial charge on any atom is -0.493 e. The van der Waals surface area contributed by atoms with Crippen LogP contribution >= 0.6 is 0 Å². The van der Waals surface area contributed by atoms with Crippen LogP contribution < -0.4 is 24.4 Å². The molecule has 0 spiro atoms. The highest BCUT2D eigenvalue weighted by molar-refractivity contribution is 6.01. The summed E-state index contributed by atoms with van der Waals surface area (Å²) in [5.41, 5.74) is 0.506. The lowest BCUT2D eigenvalue weighted by atomic mass is 10.1. The van der Waals surface area contributed by atoms with E-state index in [1.165, 1.54) is 33.2 Å². The summed E-state index contributed by atoms with van der Waals surface area (Å²) in [5, 5.41) is 11.3. The van der Waals surface area contributed by atoms with E-state index >= 15 is 0 Å². The van der Waals surface area contributed by atoms with E-state index < -0.39 is 23.8 Å². The zero-order valence-electron chi connectivity index (χ0n) is 15.1. The third-order valence-corrected chi connectivity index (χ3v) is 4.19. The van der Waals surface area contributed by atoms with E-state index in [2.05, 4.69) is 5.32 Å². The highest BCUT2D eigenvalue weighted by Crippen LogP contribution is 2.42. The van der Waals surface area contributed by atoms with E-state index in [1.54, 1.807) is 12.1 Å². The molecule has 1 unspecified atom stereocenters. The number of aliphatic carboxylic acids is 1. The first-order valence-electron chi connectivity index (χ1n) is 7.95. The Morgan fingerprint density at radius 2 is 1.77 bits per heavy atom. The van der Waals surface area contributed by atoms with Gasteiger partial charge in [0.2, 0.25) is 17.6 Å². The van der Waals surface area contributed by atoms with Gasteiger partial charge in [0.05, 0.1) is 32.9 Å². The number of benzene rings is 1. The van der Waals surface area contributed by atoms with Crippen molar-refractivity contribution in [3.8, 4) is 17.2 Å². The van der Waals surface area contributed by atoms with Crippen molar-refractivity contribution in [2.45, 2.75) is 19.4 Å². The molecule has 1 aliphatic rings. The maximum absolute atomic E-state index is 12.4. The number of amides is 2. The van der Waals surface area contributed by atoms with Crippen LogP contribution in [0.5, 0.6) is 17.2 Å². The van der Waals surface area contributed by atoms with E-state index in [-0.39, 0.29) is 18.9 Å². The molecule has 0 saturated carbocycles. The number of carbonyl (C=O) groups excluding carboxylic acids is 2. The first-order valence-corrected chi connectivity index (χ1v) is 7.95. The summed E-state index contributed by atoms with van der Waals surface area (Å²) in [7, 11) is 4.41. The van der Waals surface area contributed by atoms with Gasteiger partial charge in [-0.25, -0.2) is 0 Å². The van der Waals surface area contributed by atoms with Gasteiger partial charge in [-0.05, 0) is 6.92 Å². The second-order valence-corrected chi connectivity index (χ2v) is 5.86. The fourth-order valence-electron chi connectivity index (χ4n) is 2.75. The zero-order valence-corrected chi connectivity index (χ0v) is 15.1. The van der Waals surface area contributed by atoms with E-state index in [1.807, 2.05) is 0 Å². The van der Waals surface area contributed by atoms with Gasteiger partial charge in [-0.3, -0.25) is 14.4 Å². The van der Waals surface area contributed by atoms with E-state index in [4.69, 9.17) is 19.3 Å². The highest BCUT2D eigenvalue weighted by Gasteiger charge is 2.36. The molecule has 0 bridgehead atoms. The van der Waals surface area contributed by atoms with E-state index in [0.717, 1.165) is 0 Å². The molecule has 0 aliphatic carbocycles. The first kappa shape index (κ1) is 19.4. The predicted octanol–water partition coefficient (Wildman–Crippen LogP) is 0.655. The molecule has 142 valence electrons. The SMILES string of the molecule is COc1cc(N2CC(C(=O)N[C@H](C)C(=O)O)CC2=O)cc(OC)c1OC. The van der Waals surface area contributed by atoms with Crippen LogP contribution in [0.25, 0.3) is 0 Å². The number of nitrogens with zero attached hydrogens (tertiary/aromatic N) is 1. The number of rotatable bonds is 7. The van der Waals surface area contributed by atoms with Gasteiger partial charge in [-0.1, -0.05) is 0 Å². The van der Waals surface area contributed by atoms with Crippen molar-refractivity contribution in [1.82, 2.24) is 5.32 Å². The maximum atomic E-state index is 12.4. The molecule has 26 heavy (non-hydrogen) atoms. The Morgan fingerprint density at radius 3 is 2.23 bits per heavy atom. The molecular weight excluding hydrogens is 344 g/mol. The van der Waals surface area contributed by atoms with Gasteiger partial charge in [0.1, 0.15) is 6.04 Å². The number of carboxylic acid groups (broad SMARTS) is 1. The van der Waals surface area contributed by atoms with Crippen LogP contribution in [0.2, 0.25) is 0 Å². The van der Waals surface area contributed by atoms with Crippen molar-refractivity contribution in [3.05, 3.63) is 12.1 Å². The average molecular weight is 366 g/mol. The Hall–Kier alpha value is -2.97. The van der Waals surface area contributed by atoms with Crippen molar-refractivity contribution in [3.63, 3.8) is 0 Å². The first-order chi connectivity index (χ1) is 12.3. The summed E-state index contributed by atoms with van der Waals surface area (Å²) < 4.78 is 15.8. The molecule has 2 amide bonds. The summed E-state index contributed by atoms with van der Waals surface area (Å²) in [6, 6.07) is 2.23. The number of carboxylic acids is 1. The molecular formula is C17H22N2O7. The largest absolute Gasteiger partial charge is 0.493 e. The maximum Gasteiger partial charge on any atom is 0.325 e. The molecule has 1 saturated heterocycles. The third-order valence-electron chi connectivity index (χ3n) is 4.19. The molecule has 9 nitrogen and oxygen atoms in total. The van der Waals surface area contributed by atoms with Crippen LogP contribution in [0, 0.1) is 5.92 Å². The molecule has 2 rings (SSSR count).